The SMILES string of the molecule is Cc1cc(C)n(CC2CCCN2Cc2nnc(-c3ccccc3)o2)n1. The third kappa shape index (κ3) is 3.49. The fourth-order valence-corrected chi connectivity index (χ4v) is 3.56. The molecule has 0 N–H and O–H groups in total. The fraction of sp³-hybridized carbons (Fsp3) is 0.421. The Hall–Kier alpha value is -2.47. The van der Waals surface area contributed by atoms with Crippen LogP contribution in [0.4, 0.5) is 0 Å². The lowest BCUT2D eigenvalue weighted by atomic mass is 10.2. The Morgan fingerprint density at radius 2 is 2.00 bits per heavy atom. The lowest BCUT2D eigenvalue weighted by Gasteiger charge is -2.23. The van der Waals surface area contributed by atoms with E-state index in [1.54, 1.807) is 0 Å². The number of likely N-dealkylation sites (tertiary alicyclic amines) is 1. The van der Waals surface area contributed by atoms with Crippen molar-refractivity contribution in [3.63, 3.8) is 0 Å². The number of hydrogen-bond donors (Lipinski definition) is 0. The van der Waals surface area contributed by atoms with Gasteiger partial charge in [-0.3, -0.25) is 9.58 Å². The Labute approximate surface area is 147 Å². The number of aromatic nitrogens is 4. The second-order valence-electron chi connectivity index (χ2n) is 6.74. The summed E-state index contributed by atoms with van der Waals surface area (Å²) < 4.78 is 7.98. The van der Waals surface area contributed by atoms with Gasteiger partial charge in [0.1, 0.15) is 0 Å². The zero-order valence-corrected chi connectivity index (χ0v) is 14.7. The van der Waals surface area contributed by atoms with Crippen molar-refractivity contribution in [1.82, 2.24) is 24.9 Å². The molecule has 0 amide bonds. The maximum absolute atomic E-state index is 5.87. The predicted molar refractivity (Wildman–Crippen MR) is 94.9 cm³/mol. The largest absolute Gasteiger partial charge is 0.419 e. The minimum Gasteiger partial charge on any atom is -0.419 e. The number of benzene rings is 1. The Bertz CT molecular complexity index is 839. The van der Waals surface area contributed by atoms with Crippen molar-refractivity contribution in [2.75, 3.05) is 6.54 Å². The van der Waals surface area contributed by atoms with Crippen LogP contribution in [-0.2, 0) is 13.1 Å². The molecule has 1 aromatic carbocycles. The van der Waals surface area contributed by atoms with Gasteiger partial charge in [0.2, 0.25) is 11.8 Å². The van der Waals surface area contributed by atoms with E-state index in [1.165, 1.54) is 18.5 Å². The lowest BCUT2D eigenvalue weighted by molar-refractivity contribution is 0.199. The zero-order chi connectivity index (χ0) is 17.2. The van der Waals surface area contributed by atoms with Gasteiger partial charge in [-0.1, -0.05) is 18.2 Å². The molecule has 3 heterocycles. The minimum atomic E-state index is 0.463. The first-order valence-corrected chi connectivity index (χ1v) is 8.82. The first-order chi connectivity index (χ1) is 12.2. The van der Waals surface area contributed by atoms with Gasteiger partial charge < -0.3 is 4.42 Å². The molecule has 0 radical (unpaired) electrons. The van der Waals surface area contributed by atoms with E-state index in [9.17, 15) is 0 Å². The van der Waals surface area contributed by atoms with Crippen LogP contribution < -0.4 is 0 Å². The molecule has 0 aliphatic carbocycles. The van der Waals surface area contributed by atoms with Gasteiger partial charge in [-0.25, -0.2) is 0 Å². The van der Waals surface area contributed by atoms with E-state index in [0.29, 0.717) is 24.4 Å². The van der Waals surface area contributed by atoms with E-state index in [1.807, 2.05) is 37.3 Å². The quantitative estimate of drug-likeness (QED) is 0.715. The van der Waals surface area contributed by atoms with Gasteiger partial charge >= 0.3 is 0 Å². The van der Waals surface area contributed by atoms with E-state index in [4.69, 9.17) is 4.42 Å². The summed E-state index contributed by atoms with van der Waals surface area (Å²) >= 11 is 0. The Balaban J connectivity index is 1.45. The van der Waals surface area contributed by atoms with Crippen molar-refractivity contribution < 1.29 is 4.42 Å². The van der Waals surface area contributed by atoms with E-state index in [0.717, 1.165) is 24.3 Å². The van der Waals surface area contributed by atoms with Crippen molar-refractivity contribution in [2.45, 2.75) is 45.8 Å². The van der Waals surface area contributed by atoms with Crippen molar-refractivity contribution in [3.05, 3.63) is 53.7 Å². The molecule has 1 aliphatic rings. The van der Waals surface area contributed by atoms with E-state index < -0.39 is 0 Å². The average molecular weight is 337 g/mol. The molecule has 6 nitrogen and oxygen atoms in total. The summed E-state index contributed by atoms with van der Waals surface area (Å²) in [6, 6.07) is 12.5. The van der Waals surface area contributed by atoms with Gasteiger partial charge in [0.25, 0.3) is 0 Å². The molecule has 0 bridgehead atoms. The third-order valence-electron chi connectivity index (χ3n) is 4.81. The Morgan fingerprint density at radius 3 is 2.76 bits per heavy atom. The van der Waals surface area contributed by atoms with E-state index in [-0.39, 0.29) is 0 Å². The predicted octanol–water partition coefficient (Wildman–Crippen LogP) is 3.21. The smallest absolute Gasteiger partial charge is 0.247 e. The highest BCUT2D eigenvalue weighted by Gasteiger charge is 2.27. The van der Waals surface area contributed by atoms with Crippen LogP contribution in [-0.4, -0.2) is 37.5 Å². The maximum Gasteiger partial charge on any atom is 0.247 e. The third-order valence-corrected chi connectivity index (χ3v) is 4.81. The molecule has 1 saturated heterocycles. The van der Waals surface area contributed by atoms with Crippen molar-refractivity contribution >= 4 is 0 Å². The standard InChI is InChI=1S/C19H23N5O/c1-14-11-15(2)24(22-14)12-17-9-6-10-23(17)13-18-20-21-19(25-18)16-7-4-3-5-8-16/h3-5,7-8,11,17H,6,9-10,12-13H2,1-2H3. The van der Waals surface area contributed by atoms with Crippen LogP contribution >= 0.6 is 0 Å². The number of hydrogen-bond acceptors (Lipinski definition) is 5. The van der Waals surface area contributed by atoms with Gasteiger partial charge in [-0.2, -0.15) is 5.10 Å². The highest BCUT2D eigenvalue weighted by Crippen LogP contribution is 2.23. The molecular weight excluding hydrogens is 314 g/mol. The number of aryl methyl sites for hydroxylation is 2. The summed E-state index contributed by atoms with van der Waals surface area (Å²) in [7, 11) is 0. The molecular formula is C19H23N5O. The summed E-state index contributed by atoms with van der Waals surface area (Å²) in [6.07, 6.45) is 2.38. The Morgan fingerprint density at radius 1 is 1.16 bits per heavy atom. The van der Waals surface area contributed by atoms with Crippen LogP contribution in [0.25, 0.3) is 11.5 Å². The van der Waals surface area contributed by atoms with Crippen molar-refractivity contribution in [1.29, 1.82) is 0 Å². The molecule has 0 spiro atoms. The molecule has 3 aromatic rings. The van der Waals surface area contributed by atoms with Gasteiger partial charge in [0.05, 0.1) is 18.8 Å². The molecule has 1 aliphatic heterocycles. The molecule has 130 valence electrons. The molecule has 0 saturated carbocycles. The summed E-state index contributed by atoms with van der Waals surface area (Å²) in [6.45, 7) is 6.83. The molecule has 4 rings (SSSR count). The van der Waals surface area contributed by atoms with Crippen LogP contribution in [0.3, 0.4) is 0 Å². The molecule has 1 unspecified atom stereocenters. The monoisotopic (exact) mass is 337 g/mol. The van der Waals surface area contributed by atoms with Crippen molar-refractivity contribution in [2.24, 2.45) is 0 Å². The summed E-state index contributed by atoms with van der Waals surface area (Å²) in [4.78, 5) is 2.43. The fourth-order valence-electron chi connectivity index (χ4n) is 3.56. The van der Waals surface area contributed by atoms with Crippen LogP contribution in [0, 0.1) is 13.8 Å². The normalized spacial score (nSPS) is 18.1. The van der Waals surface area contributed by atoms with E-state index >= 15 is 0 Å². The summed E-state index contributed by atoms with van der Waals surface area (Å²) in [5.74, 6) is 1.27. The number of nitrogens with zero attached hydrogens (tertiary/aromatic N) is 5. The van der Waals surface area contributed by atoms with E-state index in [2.05, 4.69) is 37.9 Å². The second-order valence-corrected chi connectivity index (χ2v) is 6.74. The van der Waals surface area contributed by atoms with Crippen LogP contribution in [0.2, 0.25) is 0 Å². The average Bonchev–Trinajstić information content (AvgIpc) is 3.32. The molecule has 1 fully saturated rings. The first-order valence-electron chi connectivity index (χ1n) is 8.82. The molecule has 2 aromatic heterocycles. The molecule has 6 heteroatoms. The lowest BCUT2D eigenvalue weighted by Crippen LogP contribution is -2.33. The summed E-state index contributed by atoms with van der Waals surface area (Å²) in [5.41, 5.74) is 3.25. The van der Waals surface area contributed by atoms with Crippen LogP contribution in [0.5, 0.6) is 0 Å². The van der Waals surface area contributed by atoms with Crippen molar-refractivity contribution in [3.8, 4) is 11.5 Å². The topological polar surface area (TPSA) is 60.0 Å². The maximum atomic E-state index is 5.87. The first kappa shape index (κ1) is 16.0. The van der Waals surface area contributed by atoms with Crippen LogP contribution in [0.15, 0.2) is 40.8 Å². The van der Waals surface area contributed by atoms with Gasteiger partial charge in [-0.05, 0) is 51.4 Å². The van der Waals surface area contributed by atoms with Gasteiger partial charge in [0, 0.05) is 17.3 Å². The highest BCUT2D eigenvalue weighted by molar-refractivity contribution is 5.51. The Kier molecular flexibility index (Phi) is 4.36. The molecule has 1 atom stereocenters. The second kappa shape index (κ2) is 6.80. The summed E-state index contributed by atoms with van der Waals surface area (Å²) in [5, 5.41) is 13.0. The number of rotatable bonds is 5. The minimum absolute atomic E-state index is 0.463. The van der Waals surface area contributed by atoms with Gasteiger partial charge in [0.15, 0.2) is 0 Å². The highest BCUT2D eigenvalue weighted by atomic mass is 16.4. The van der Waals surface area contributed by atoms with Crippen LogP contribution in [0.1, 0.15) is 30.1 Å². The van der Waals surface area contributed by atoms with Gasteiger partial charge in [-0.15, -0.1) is 10.2 Å². The zero-order valence-electron chi connectivity index (χ0n) is 14.7. The molecule has 25 heavy (non-hydrogen) atoms.